The fourth-order valence-electron chi connectivity index (χ4n) is 2.27. The molecule has 1 heterocycles. The summed E-state index contributed by atoms with van der Waals surface area (Å²) in [5.74, 6) is 0. The van der Waals surface area contributed by atoms with Gasteiger partial charge in [0.25, 0.3) is 5.69 Å². The Balaban J connectivity index is 1.83. The first-order valence-corrected chi connectivity index (χ1v) is 6.57. The molecule has 1 unspecified atom stereocenters. The van der Waals surface area contributed by atoms with Crippen LogP contribution in [0.25, 0.3) is 10.9 Å². The van der Waals surface area contributed by atoms with Gasteiger partial charge in [-0.2, -0.15) is 5.10 Å². The van der Waals surface area contributed by atoms with Crippen LogP contribution >= 0.6 is 0 Å². The summed E-state index contributed by atoms with van der Waals surface area (Å²) in [7, 11) is 0. The lowest BCUT2D eigenvalue weighted by atomic mass is 10.1. The highest BCUT2D eigenvalue weighted by Gasteiger charge is 2.11. The van der Waals surface area contributed by atoms with Crippen LogP contribution < -0.4 is 5.32 Å². The van der Waals surface area contributed by atoms with Crippen LogP contribution in [0.4, 0.5) is 11.4 Å². The van der Waals surface area contributed by atoms with Crippen molar-refractivity contribution >= 4 is 22.3 Å². The van der Waals surface area contributed by atoms with E-state index in [-0.39, 0.29) is 16.7 Å². The molecule has 2 N–H and O–H groups in total. The zero-order chi connectivity index (χ0) is 14.8. The van der Waals surface area contributed by atoms with Gasteiger partial charge in [-0.05, 0) is 30.7 Å². The second-order valence-electron chi connectivity index (χ2n) is 4.89. The van der Waals surface area contributed by atoms with Gasteiger partial charge in [-0.15, -0.1) is 0 Å². The van der Waals surface area contributed by atoms with Crippen LogP contribution in [0.3, 0.4) is 0 Å². The lowest BCUT2D eigenvalue weighted by molar-refractivity contribution is -0.384. The number of anilines is 1. The van der Waals surface area contributed by atoms with Crippen LogP contribution in [0.5, 0.6) is 0 Å². The highest BCUT2D eigenvalue weighted by molar-refractivity contribution is 5.81. The first kappa shape index (κ1) is 13.1. The number of nitrogens with zero attached hydrogens (tertiary/aromatic N) is 2. The minimum atomic E-state index is -0.381. The molecule has 0 aliphatic rings. The van der Waals surface area contributed by atoms with Crippen molar-refractivity contribution in [3.05, 3.63) is 64.3 Å². The smallest absolute Gasteiger partial charge is 0.269 e. The molecule has 2 aromatic carbocycles. The monoisotopic (exact) mass is 282 g/mol. The zero-order valence-corrected chi connectivity index (χ0v) is 11.4. The van der Waals surface area contributed by atoms with E-state index < -0.39 is 0 Å². The quantitative estimate of drug-likeness (QED) is 0.565. The van der Waals surface area contributed by atoms with Crippen LogP contribution in [0, 0.1) is 10.1 Å². The van der Waals surface area contributed by atoms with E-state index in [1.54, 1.807) is 18.3 Å². The molecule has 106 valence electrons. The van der Waals surface area contributed by atoms with Crippen molar-refractivity contribution in [2.24, 2.45) is 0 Å². The molecular formula is C15H14N4O2. The molecule has 3 aromatic rings. The number of hydrogen-bond donors (Lipinski definition) is 2. The highest BCUT2D eigenvalue weighted by atomic mass is 16.6. The van der Waals surface area contributed by atoms with E-state index in [9.17, 15) is 10.1 Å². The van der Waals surface area contributed by atoms with E-state index in [0.29, 0.717) is 0 Å². The number of H-pyrrole nitrogens is 1. The van der Waals surface area contributed by atoms with E-state index in [1.165, 1.54) is 6.07 Å². The Hall–Kier alpha value is -2.89. The Morgan fingerprint density at radius 3 is 2.95 bits per heavy atom. The molecule has 0 aliphatic heterocycles. The number of nitro groups is 1. The van der Waals surface area contributed by atoms with E-state index in [0.717, 1.165) is 22.2 Å². The molecule has 1 atom stereocenters. The molecule has 0 saturated carbocycles. The Morgan fingerprint density at radius 2 is 2.14 bits per heavy atom. The molecule has 3 rings (SSSR count). The van der Waals surface area contributed by atoms with Crippen molar-refractivity contribution in [2.75, 3.05) is 5.32 Å². The maximum atomic E-state index is 10.8. The van der Waals surface area contributed by atoms with Crippen LogP contribution in [-0.4, -0.2) is 15.1 Å². The minimum Gasteiger partial charge on any atom is -0.378 e. The summed E-state index contributed by atoms with van der Waals surface area (Å²) in [5, 5.41) is 22.1. The summed E-state index contributed by atoms with van der Waals surface area (Å²) in [5.41, 5.74) is 2.90. The number of aromatic nitrogens is 2. The third kappa shape index (κ3) is 2.69. The molecule has 0 radical (unpaired) electrons. The molecule has 1 aromatic heterocycles. The molecule has 6 heteroatoms. The van der Waals surface area contributed by atoms with E-state index >= 15 is 0 Å². The highest BCUT2D eigenvalue weighted by Crippen LogP contribution is 2.24. The summed E-state index contributed by atoms with van der Waals surface area (Å²) in [6, 6.07) is 12.5. The average Bonchev–Trinajstić information content (AvgIpc) is 2.95. The summed E-state index contributed by atoms with van der Waals surface area (Å²) in [6.45, 7) is 1.97. The van der Waals surface area contributed by atoms with Crippen molar-refractivity contribution in [1.82, 2.24) is 10.2 Å². The fraction of sp³-hybridized carbons (Fsp3) is 0.133. The summed E-state index contributed by atoms with van der Waals surface area (Å²) >= 11 is 0. The van der Waals surface area contributed by atoms with Crippen molar-refractivity contribution in [1.29, 1.82) is 0 Å². The van der Waals surface area contributed by atoms with Crippen LogP contribution in [-0.2, 0) is 0 Å². The zero-order valence-electron chi connectivity index (χ0n) is 11.4. The maximum Gasteiger partial charge on any atom is 0.269 e. The summed E-state index contributed by atoms with van der Waals surface area (Å²) in [4.78, 5) is 10.4. The van der Waals surface area contributed by atoms with Crippen LogP contribution in [0.2, 0.25) is 0 Å². The summed E-state index contributed by atoms with van der Waals surface area (Å²) < 4.78 is 0. The van der Waals surface area contributed by atoms with Crippen LogP contribution in [0.1, 0.15) is 18.5 Å². The Labute approximate surface area is 121 Å². The molecule has 0 bridgehead atoms. The Kier molecular flexibility index (Phi) is 3.27. The van der Waals surface area contributed by atoms with E-state index in [1.807, 2.05) is 31.2 Å². The average molecular weight is 282 g/mol. The molecule has 0 saturated heterocycles. The van der Waals surface area contributed by atoms with Crippen molar-refractivity contribution in [3.8, 4) is 0 Å². The predicted molar refractivity (Wildman–Crippen MR) is 81.2 cm³/mol. The Bertz CT molecular complexity index is 797. The predicted octanol–water partition coefficient (Wildman–Crippen LogP) is 3.64. The largest absolute Gasteiger partial charge is 0.378 e. The molecule has 0 fully saturated rings. The normalized spacial score (nSPS) is 12.2. The number of benzene rings is 2. The number of hydrogen-bond acceptors (Lipinski definition) is 4. The first-order valence-electron chi connectivity index (χ1n) is 6.57. The number of non-ortho nitro benzene ring substituents is 1. The molecule has 21 heavy (non-hydrogen) atoms. The fourth-order valence-corrected chi connectivity index (χ4v) is 2.27. The number of nitrogens with one attached hydrogen (secondary N) is 2. The molecule has 0 amide bonds. The molecule has 0 aliphatic carbocycles. The second kappa shape index (κ2) is 5.24. The maximum absolute atomic E-state index is 10.8. The van der Waals surface area contributed by atoms with Crippen molar-refractivity contribution in [2.45, 2.75) is 13.0 Å². The molecule has 0 spiro atoms. The van der Waals surface area contributed by atoms with Crippen LogP contribution in [0.15, 0.2) is 48.7 Å². The number of rotatable bonds is 4. The van der Waals surface area contributed by atoms with Gasteiger partial charge in [0.05, 0.1) is 16.6 Å². The standard InChI is InChI=1S/C15H14N4O2/c1-10(11-3-2-4-14(8-11)19(20)21)17-13-5-6-15-12(7-13)9-16-18-15/h2-10,17H,1H3,(H,16,18). The van der Waals surface area contributed by atoms with Crippen molar-refractivity contribution in [3.63, 3.8) is 0 Å². The van der Waals surface area contributed by atoms with Gasteiger partial charge in [-0.25, -0.2) is 0 Å². The topological polar surface area (TPSA) is 83.8 Å². The molecule has 6 nitrogen and oxygen atoms in total. The van der Waals surface area contributed by atoms with Gasteiger partial charge in [0.15, 0.2) is 0 Å². The molecular weight excluding hydrogens is 268 g/mol. The minimum absolute atomic E-state index is 0.0331. The third-order valence-corrected chi connectivity index (χ3v) is 3.40. The third-order valence-electron chi connectivity index (χ3n) is 3.40. The lowest BCUT2D eigenvalue weighted by Gasteiger charge is -2.15. The lowest BCUT2D eigenvalue weighted by Crippen LogP contribution is -2.06. The van der Waals surface area contributed by atoms with Gasteiger partial charge in [0.2, 0.25) is 0 Å². The summed E-state index contributed by atoms with van der Waals surface area (Å²) in [6.07, 6.45) is 1.76. The van der Waals surface area contributed by atoms with Gasteiger partial charge in [-0.1, -0.05) is 12.1 Å². The van der Waals surface area contributed by atoms with Gasteiger partial charge >= 0.3 is 0 Å². The number of aromatic amines is 1. The van der Waals surface area contributed by atoms with Gasteiger partial charge in [0, 0.05) is 29.2 Å². The number of nitro benzene ring substituents is 1. The second-order valence-corrected chi connectivity index (χ2v) is 4.89. The van der Waals surface area contributed by atoms with E-state index in [4.69, 9.17) is 0 Å². The van der Waals surface area contributed by atoms with Gasteiger partial charge in [0.1, 0.15) is 0 Å². The van der Waals surface area contributed by atoms with Crippen molar-refractivity contribution < 1.29 is 4.92 Å². The van der Waals surface area contributed by atoms with E-state index in [2.05, 4.69) is 15.5 Å². The van der Waals surface area contributed by atoms with Gasteiger partial charge in [-0.3, -0.25) is 15.2 Å². The Morgan fingerprint density at radius 1 is 1.29 bits per heavy atom. The first-order chi connectivity index (χ1) is 10.1. The number of fused-ring (bicyclic) bond motifs is 1. The SMILES string of the molecule is CC(Nc1ccc2[nH]ncc2c1)c1cccc([N+](=O)[O-])c1. The van der Waals surface area contributed by atoms with Gasteiger partial charge < -0.3 is 5.32 Å².